The lowest BCUT2D eigenvalue weighted by molar-refractivity contribution is 0.0953. The number of fused-ring (bicyclic) bond motifs is 1. The van der Waals surface area contributed by atoms with E-state index in [1.165, 1.54) is 11.1 Å². The van der Waals surface area contributed by atoms with Crippen LogP contribution in [-0.2, 0) is 13.0 Å². The third-order valence-corrected chi connectivity index (χ3v) is 7.32. The molecule has 0 saturated carbocycles. The lowest BCUT2D eigenvalue weighted by Crippen LogP contribution is -2.24. The normalized spacial score (nSPS) is 11.3. The Morgan fingerprint density at radius 3 is 2.45 bits per heavy atom. The fourth-order valence-electron chi connectivity index (χ4n) is 4.57. The van der Waals surface area contributed by atoms with E-state index in [9.17, 15) is 4.79 Å². The quantitative estimate of drug-likeness (QED) is 0.155. The molecule has 1 aromatic heterocycles. The van der Waals surface area contributed by atoms with Crippen molar-refractivity contribution in [1.29, 1.82) is 0 Å². The second kappa shape index (κ2) is 14.1. The monoisotopic (exact) mass is 575 g/mol. The number of ether oxygens (including phenoxy) is 1. The van der Waals surface area contributed by atoms with Gasteiger partial charge >= 0.3 is 0 Å². The van der Waals surface area contributed by atoms with Crippen LogP contribution in [0.1, 0.15) is 73.6 Å². The number of aryl methyl sites for hydroxylation is 2. The van der Waals surface area contributed by atoms with Crippen LogP contribution in [0.5, 0.6) is 5.75 Å². The van der Waals surface area contributed by atoms with E-state index >= 15 is 0 Å². The van der Waals surface area contributed by atoms with E-state index in [-0.39, 0.29) is 5.91 Å². The topological polar surface area (TPSA) is 56.1 Å². The summed E-state index contributed by atoms with van der Waals surface area (Å²) in [6.45, 7) is 6.75. The Bertz CT molecular complexity index is 1300. The number of aromatic nitrogens is 2. The van der Waals surface area contributed by atoms with Crippen molar-refractivity contribution in [3.05, 3.63) is 94.2 Å². The number of benzene rings is 3. The standard InChI is InChI=1S/C32H38BrN3O2/c1-24(2)25-15-19-28(20-16-25)38-23-9-8-22-36-30-11-6-5-10-29(30)35-31(36)12-4-3-7-21-34-32(37)26-13-17-27(33)18-14-26/h5-6,10-11,13-20,24H,3-4,7-9,12,21-23H2,1-2H3,(H,34,37). The van der Waals surface area contributed by atoms with E-state index in [0.717, 1.165) is 73.2 Å². The first-order valence-corrected chi connectivity index (χ1v) is 14.5. The van der Waals surface area contributed by atoms with Crippen LogP contribution in [0.25, 0.3) is 11.0 Å². The molecule has 1 heterocycles. The summed E-state index contributed by atoms with van der Waals surface area (Å²) in [7, 11) is 0. The molecule has 0 atom stereocenters. The van der Waals surface area contributed by atoms with Crippen molar-refractivity contribution in [3.8, 4) is 5.75 Å². The molecular weight excluding hydrogens is 538 g/mol. The Labute approximate surface area is 234 Å². The molecule has 0 aliphatic carbocycles. The molecule has 1 amide bonds. The average molecular weight is 577 g/mol. The Morgan fingerprint density at radius 2 is 1.68 bits per heavy atom. The Balaban J connectivity index is 1.20. The molecule has 0 fully saturated rings. The van der Waals surface area contributed by atoms with E-state index in [4.69, 9.17) is 9.72 Å². The van der Waals surface area contributed by atoms with Gasteiger partial charge in [-0.15, -0.1) is 0 Å². The van der Waals surface area contributed by atoms with Crippen LogP contribution >= 0.6 is 15.9 Å². The zero-order chi connectivity index (χ0) is 26.7. The average Bonchev–Trinajstić information content (AvgIpc) is 3.28. The summed E-state index contributed by atoms with van der Waals surface area (Å²) in [5, 5.41) is 3.02. The number of carbonyl (C=O) groups excluding carboxylic acids is 1. The largest absolute Gasteiger partial charge is 0.494 e. The molecule has 38 heavy (non-hydrogen) atoms. The third kappa shape index (κ3) is 7.94. The first kappa shape index (κ1) is 27.9. The SMILES string of the molecule is CC(C)c1ccc(OCCCCn2c(CCCCCNC(=O)c3ccc(Br)cc3)nc3ccccc32)cc1. The molecule has 5 nitrogen and oxygen atoms in total. The van der Waals surface area contributed by atoms with Gasteiger partial charge in [-0.05, 0) is 85.7 Å². The van der Waals surface area contributed by atoms with Gasteiger partial charge < -0.3 is 14.6 Å². The van der Waals surface area contributed by atoms with Crippen molar-refractivity contribution < 1.29 is 9.53 Å². The van der Waals surface area contributed by atoms with Crippen LogP contribution in [0.2, 0.25) is 0 Å². The lowest BCUT2D eigenvalue weighted by atomic mass is 10.0. The van der Waals surface area contributed by atoms with Crippen molar-refractivity contribution in [2.75, 3.05) is 13.2 Å². The van der Waals surface area contributed by atoms with Gasteiger partial charge in [-0.1, -0.05) is 60.5 Å². The molecular formula is C32H38BrN3O2. The minimum absolute atomic E-state index is 0.0177. The molecule has 4 aromatic rings. The first-order chi connectivity index (χ1) is 18.5. The summed E-state index contributed by atoms with van der Waals surface area (Å²) in [4.78, 5) is 17.2. The van der Waals surface area contributed by atoms with Crippen LogP contribution in [0.15, 0.2) is 77.3 Å². The van der Waals surface area contributed by atoms with Gasteiger partial charge in [0, 0.05) is 29.5 Å². The highest BCUT2D eigenvalue weighted by Crippen LogP contribution is 2.20. The summed E-state index contributed by atoms with van der Waals surface area (Å²) in [6, 6.07) is 24.3. The van der Waals surface area contributed by atoms with E-state index in [0.29, 0.717) is 18.0 Å². The Hall–Kier alpha value is -3.12. The summed E-state index contributed by atoms with van der Waals surface area (Å²) in [5.41, 5.74) is 4.29. The molecule has 3 aromatic carbocycles. The zero-order valence-electron chi connectivity index (χ0n) is 22.5. The summed E-state index contributed by atoms with van der Waals surface area (Å²) in [5.74, 6) is 2.61. The summed E-state index contributed by atoms with van der Waals surface area (Å²) >= 11 is 3.40. The first-order valence-electron chi connectivity index (χ1n) is 13.7. The highest BCUT2D eigenvalue weighted by Gasteiger charge is 2.10. The molecule has 0 saturated heterocycles. The predicted molar refractivity (Wildman–Crippen MR) is 159 cm³/mol. The molecule has 1 N–H and O–H groups in total. The molecule has 0 aliphatic heterocycles. The van der Waals surface area contributed by atoms with Crippen LogP contribution in [0, 0.1) is 0 Å². The molecule has 0 unspecified atom stereocenters. The number of imidazole rings is 1. The second-order valence-electron chi connectivity index (χ2n) is 10.0. The van der Waals surface area contributed by atoms with Crippen LogP contribution in [-0.4, -0.2) is 28.6 Å². The fraction of sp³-hybridized carbons (Fsp3) is 0.375. The number of amides is 1. The minimum Gasteiger partial charge on any atom is -0.494 e. The predicted octanol–water partition coefficient (Wildman–Crippen LogP) is 7.92. The second-order valence-corrected chi connectivity index (χ2v) is 10.9. The molecule has 4 rings (SSSR count). The fourth-order valence-corrected chi connectivity index (χ4v) is 4.83. The summed E-state index contributed by atoms with van der Waals surface area (Å²) < 4.78 is 9.32. The third-order valence-electron chi connectivity index (χ3n) is 6.79. The van der Waals surface area contributed by atoms with Gasteiger partial charge in [-0.2, -0.15) is 0 Å². The number of rotatable bonds is 14. The van der Waals surface area contributed by atoms with Gasteiger partial charge in [0.1, 0.15) is 11.6 Å². The number of carbonyl (C=O) groups is 1. The zero-order valence-corrected chi connectivity index (χ0v) is 24.0. The van der Waals surface area contributed by atoms with Crippen LogP contribution in [0.3, 0.4) is 0 Å². The highest BCUT2D eigenvalue weighted by molar-refractivity contribution is 9.10. The van der Waals surface area contributed by atoms with E-state index < -0.39 is 0 Å². The molecule has 0 radical (unpaired) electrons. The van der Waals surface area contributed by atoms with Crippen molar-refractivity contribution in [2.24, 2.45) is 0 Å². The maximum Gasteiger partial charge on any atom is 0.251 e. The molecule has 6 heteroatoms. The van der Waals surface area contributed by atoms with E-state index in [2.05, 4.69) is 88.2 Å². The van der Waals surface area contributed by atoms with Gasteiger partial charge in [0.2, 0.25) is 0 Å². The molecule has 0 spiro atoms. The number of unbranched alkanes of at least 4 members (excludes halogenated alkanes) is 3. The Kier molecular flexibility index (Phi) is 10.4. The van der Waals surface area contributed by atoms with Crippen molar-refractivity contribution in [1.82, 2.24) is 14.9 Å². The Morgan fingerprint density at radius 1 is 0.921 bits per heavy atom. The van der Waals surface area contributed by atoms with Crippen LogP contribution < -0.4 is 10.1 Å². The van der Waals surface area contributed by atoms with Crippen molar-refractivity contribution >= 4 is 32.9 Å². The van der Waals surface area contributed by atoms with Gasteiger partial charge in [0.25, 0.3) is 5.91 Å². The van der Waals surface area contributed by atoms with E-state index in [1.807, 2.05) is 24.3 Å². The molecule has 200 valence electrons. The number of halogens is 1. The van der Waals surface area contributed by atoms with E-state index in [1.54, 1.807) is 0 Å². The highest BCUT2D eigenvalue weighted by atomic mass is 79.9. The van der Waals surface area contributed by atoms with Gasteiger partial charge in [-0.3, -0.25) is 4.79 Å². The van der Waals surface area contributed by atoms with Crippen molar-refractivity contribution in [2.45, 2.75) is 64.8 Å². The van der Waals surface area contributed by atoms with Crippen molar-refractivity contribution in [3.63, 3.8) is 0 Å². The molecule has 0 aliphatic rings. The maximum absolute atomic E-state index is 12.3. The maximum atomic E-state index is 12.3. The number of nitrogens with zero attached hydrogens (tertiary/aromatic N) is 2. The van der Waals surface area contributed by atoms with Crippen LogP contribution in [0.4, 0.5) is 0 Å². The minimum atomic E-state index is -0.0177. The number of hydrogen-bond donors (Lipinski definition) is 1. The van der Waals surface area contributed by atoms with Gasteiger partial charge in [-0.25, -0.2) is 4.98 Å². The number of nitrogens with one attached hydrogen (secondary N) is 1. The smallest absolute Gasteiger partial charge is 0.251 e. The number of hydrogen-bond acceptors (Lipinski definition) is 3. The number of para-hydroxylation sites is 2. The van der Waals surface area contributed by atoms with Gasteiger partial charge in [0.05, 0.1) is 17.6 Å². The molecule has 0 bridgehead atoms. The van der Waals surface area contributed by atoms with Gasteiger partial charge in [0.15, 0.2) is 0 Å². The summed E-state index contributed by atoms with van der Waals surface area (Å²) in [6.07, 6.45) is 6.03. The lowest BCUT2D eigenvalue weighted by Gasteiger charge is -2.11.